The van der Waals surface area contributed by atoms with E-state index in [1.165, 1.54) is 6.20 Å². The summed E-state index contributed by atoms with van der Waals surface area (Å²) in [5.41, 5.74) is 1.98. The molecule has 0 fully saturated rings. The van der Waals surface area contributed by atoms with E-state index in [4.69, 9.17) is 4.74 Å². The largest absolute Gasteiger partial charge is 0.462 e. The third kappa shape index (κ3) is 3.86. The number of ether oxygens (including phenoxy) is 1. The van der Waals surface area contributed by atoms with Crippen LogP contribution < -0.4 is 5.32 Å². The number of hydrogen-bond donors (Lipinski definition) is 1. The lowest BCUT2D eigenvalue weighted by atomic mass is 10.2. The van der Waals surface area contributed by atoms with E-state index in [-0.39, 0.29) is 0 Å². The SMILES string of the molecule is C=C(C)CNc1ncc(C(=O)OCC)c(C)n1. The zero-order chi connectivity index (χ0) is 12.8. The lowest BCUT2D eigenvalue weighted by Gasteiger charge is -2.07. The van der Waals surface area contributed by atoms with Crippen LogP contribution in [0.4, 0.5) is 5.95 Å². The number of esters is 1. The summed E-state index contributed by atoms with van der Waals surface area (Å²) in [7, 11) is 0. The number of rotatable bonds is 5. The van der Waals surface area contributed by atoms with Crippen molar-refractivity contribution in [3.05, 3.63) is 29.6 Å². The van der Waals surface area contributed by atoms with Gasteiger partial charge in [-0.05, 0) is 20.8 Å². The summed E-state index contributed by atoms with van der Waals surface area (Å²) < 4.78 is 4.89. The van der Waals surface area contributed by atoms with Crippen molar-refractivity contribution in [3.8, 4) is 0 Å². The first-order valence-corrected chi connectivity index (χ1v) is 5.43. The average Bonchev–Trinajstić information content (AvgIpc) is 2.26. The van der Waals surface area contributed by atoms with Crippen LogP contribution in [0.25, 0.3) is 0 Å². The van der Waals surface area contributed by atoms with Crippen molar-refractivity contribution in [2.24, 2.45) is 0 Å². The van der Waals surface area contributed by atoms with Gasteiger partial charge in [0.05, 0.1) is 17.9 Å². The smallest absolute Gasteiger partial charge is 0.341 e. The topological polar surface area (TPSA) is 64.1 Å². The van der Waals surface area contributed by atoms with Crippen molar-refractivity contribution in [2.75, 3.05) is 18.5 Å². The number of aryl methyl sites for hydroxylation is 1. The van der Waals surface area contributed by atoms with Crippen LogP contribution in [-0.4, -0.2) is 29.1 Å². The number of nitrogens with one attached hydrogen (secondary N) is 1. The van der Waals surface area contributed by atoms with Gasteiger partial charge >= 0.3 is 5.97 Å². The molecular weight excluding hydrogens is 218 g/mol. The fraction of sp³-hybridized carbons (Fsp3) is 0.417. The molecule has 0 saturated carbocycles. The quantitative estimate of drug-likeness (QED) is 0.624. The number of anilines is 1. The van der Waals surface area contributed by atoms with Gasteiger partial charge in [0.25, 0.3) is 0 Å². The fourth-order valence-corrected chi connectivity index (χ4v) is 1.19. The molecule has 1 aromatic rings. The van der Waals surface area contributed by atoms with Crippen molar-refractivity contribution in [2.45, 2.75) is 20.8 Å². The number of nitrogens with zero attached hydrogens (tertiary/aromatic N) is 2. The number of hydrogen-bond acceptors (Lipinski definition) is 5. The molecule has 0 aliphatic heterocycles. The summed E-state index contributed by atoms with van der Waals surface area (Å²) in [6.45, 7) is 10.1. The Balaban J connectivity index is 2.79. The first-order chi connectivity index (χ1) is 8.04. The Morgan fingerprint density at radius 2 is 2.29 bits per heavy atom. The van der Waals surface area contributed by atoms with Crippen molar-refractivity contribution < 1.29 is 9.53 Å². The molecule has 0 aromatic carbocycles. The molecule has 0 bridgehead atoms. The van der Waals surface area contributed by atoms with Gasteiger partial charge in [-0.15, -0.1) is 0 Å². The van der Waals surface area contributed by atoms with Gasteiger partial charge in [-0.3, -0.25) is 0 Å². The maximum Gasteiger partial charge on any atom is 0.341 e. The zero-order valence-corrected chi connectivity index (χ0v) is 10.4. The Morgan fingerprint density at radius 3 is 2.82 bits per heavy atom. The number of carbonyl (C=O) groups is 1. The molecule has 5 nitrogen and oxygen atoms in total. The lowest BCUT2D eigenvalue weighted by molar-refractivity contribution is 0.0524. The molecule has 1 N–H and O–H groups in total. The van der Waals surface area contributed by atoms with Crippen molar-refractivity contribution in [3.63, 3.8) is 0 Å². The van der Waals surface area contributed by atoms with E-state index < -0.39 is 5.97 Å². The molecule has 0 atom stereocenters. The molecule has 5 heteroatoms. The highest BCUT2D eigenvalue weighted by molar-refractivity contribution is 5.90. The standard InChI is InChI=1S/C12H17N3O2/c1-5-17-11(16)10-7-14-12(15-9(10)4)13-6-8(2)3/h7H,2,5-6H2,1,3-4H3,(H,13,14,15). The van der Waals surface area contributed by atoms with E-state index >= 15 is 0 Å². The van der Waals surface area contributed by atoms with Gasteiger partial charge in [0.15, 0.2) is 0 Å². The average molecular weight is 235 g/mol. The van der Waals surface area contributed by atoms with E-state index in [1.54, 1.807) is 13.8 Å². The highest BCUT2D eigenvalue weighted by Crippen LogP contribution is 2.08. The first-order valence-electron chi connectivity index (χ1n) is 5.43. The summed E-state index contributed by atoms with van der Waals surface area (Å²) in [6, 6.07) is 0. The minimum atomic E-state index is -0.392. The molecule has 0 spiro atoms. The van der Waals surface area contributed by atoms with Gasteiger partial charge in [-0.1, -0.05) is 12.2 Å². The van der Waals surface area contributed by atoms with E-state index in [0.29, 0.717) is 30.4 Å². The van der Waals surface area contributed by atoms with Crippen LogP contribution in [0.3, 0.4) is 0 Å². The molecule has 1 aromatic heterocycles. The van der Waals surface area contributed by atoms with Crippen LogP contribution >= 0.6 is 0 Å². The van der Waals surface area contributed by atoms with Gasteiger partial charge < -0.3 is 10.1 Å². The lowest BCUT2D eigenvalue weighted by Crippen LogP contribution is -2.12. The first kappa shape index (κ1) is 13.2. The minimum absolute atomic E-state index is 0.341. The van der Waals surface area contributed by atoms with Crippen molar-refractivity contribution >= 4 is 11.9 Å². The van der Waals surface area contributed by atoms with E-state index in [2.05, 4.69) is 21.9 Å². The molecular formula is C12H17N3O2. The molecule has 1 heterocycles. The molecule has 92 valence electrons. The van der Waals surface area contributed by atoms with Gasteiger partial charge in [0, 0.05) is 12.7 Å². The second-order valence-corrected chi connectivity index (χ2v) is 3.72. The molecule has 0 saturated heterocycles. The van der Waals surface area contributed by atoms with Crippen LogP contribution in [0.15, 0.2) is 18.3 Å². The van der Waals surface area contributed by atoms with Gasteiger partial charge in [0.2, 0.25) is 5.95 Å². The van der Waals surface area contributed by atoms with Crippen molar-refractivity contribution in [1.29, 1.82) is 0 Å². The zero-order valence-electron chi connectivity index (χ0n) is 10.4. The van der Waals surface area contributed by atoms with Crippen LogP contribution in [0.1, 0.15) is 29.9 Å². The van der Waals surface area contributed by atoms with E-state index in [9.17, 15) is 4.79 Å². The van der Waals surface area contributed by atoms with Gasteiger partial charge in [0.1, 0.15) is 0 Å². The summed E-state index contributed by atoms with van der Waals surface area (Å²) in [5.74, 6) is 0.0926. The predicted octanol–water partition coefficient (Wildman–Crippen LogP) is 1.95. The third-order valence-corrected chi connectivity index (χ3v) is 2.02. The normalized spacial score (nSPS) is 9.82. The van der Waals surface area contributed by atoms with Gasteiger partial charge in [-0.25, -0.2) is 14.8 Å². The van der Waals surface area contributed by atoms with Crippen LogP contribution in [-0.2, 0) is 4.74 Å². The van der Waals surface area contributed by atoms with Crippen LogP contribution in [0.5, 0.6) is 0 Å². The number of carbonyl (C=O) groups excluding carboxylic acids is 1. The Labute approximate surface area is 101 Å². The molecule has 17 heavy (non-hydrogen) atoms. The highest BCUT2D eigenvalue weighted by Gasteiger charge is 2.12. The summed E-state index contributed by atoms with van der Waals surface area (Å²) in [5, 5.41) is 3.01. The van der Waals surface area contributed by atoms with Crippen LogP contribution in [0.2, 0.25) is 0 Å². The Kier molecular flexibility index (Phi) is 4.63. The minimum Gasteiger partial charge on any atom is -0.462 e. The third-order valence-electron chi connectivity index (χ3n) is 2.02. The Bertz CT molecular complexity index is 430. The monoisotopic (exact) mass is 235 g/mol. The Morgan fingerprint density at radius 1 is 1.59 bits per heavy atom. The molecule has 1 rings (SSSR count). The predicted molar refractivity (Wildman–Crippen MR) is 66.0 cm³/mol. The maximum atomic E-state index is 11.5. The molecule has 0 amide bonds. The van der Waals surface area contributed by atoms with E-state index in [1.807, 2.05) is 6.92 Å². The van der Waals surface area contributed by atoms with Crippen molar-refractivity contribution in [1.82, 2.24) is 9.97 Å². The molecule has 0 aliphatic carbocycles. The van der Waals surface area contributed by atoms with E-state index in [0.717, 1.165) is 5.57 Å². The second-order valence-electron chi connectivity index (χ2n) is 3.72. The summed E-state index contributed by atoms with van der Waals surface area (Å²) in [4.78, 5) is 19.7. The summed E-state index contributed by atoms with van der Waals surface area (Å²) in [6.07, 6.45) is 1.47. The highest BCUT2D eigenvalue weighted by atomic mass is 16.5. The second kappa shape index (κ2) is 5.98. The number of aromatic nitrogens is 2. The Hall–Kier alpha value is -1.91. The molecule has 0 radical (unpaired) electrons. The van der Waals surface area contributed by atoms with Gasteiger partial charge in [-0.2, -0.15) is 0 Å². The van der Waals surface area contributed by atoms with Crippen LogP contribution in [0, 0.1) is 6.92 Å². The summed E-state index contributed by atoms with van der Waals surface area (Å²) >= 11 is 0. The maximum absolute atomic E-state index is 11.5. The molecule has 0 unspecified atom stereocenters. The fourth-order valence-electron chi connectivity index (χ4n) is 1.19. The molecule has 0 aliphatic rings.